The summed E-state index contributed by atoms with van der Waals surface area (Å²) in [6.45, 7) is 6.00. The molecule has 0 spiro atoms. The Morgan fingerprint density at radius 1 is 1.42 bits per heavy atom. The third kappa shape index (κ3) is 3.18. The maximum atomic E-state index is 12.6. The third-order valence-electron chi connectivity index (χ3n) is 4.13. The Labute approximate surface area is 123 Å². The van der Waals surface area contributed by atoms with Gasteiger partial charge in [-0.05, 0) is 63.0 Å². The molecule has 0 atom stereocenters. The fraction of sp³-hybridized carbons (Fsp3) is 0.533. The Morgan fingerprint density at radius 3 is 2.68 bits per heavy atom. The maximum absolute atomic E-state index is 12.6. The molecule has 0 aromatic heterocycles. The van der Waals surface area contributed by atoms with Crippen LogP contribution in [-0.4, -0.2) is 19.0 Å². The zero-order chi connectivity index (χ0) is 13.9. The van der Waals surface area contributed by atoms with E-state index in [-0.39, 0.29) is 11.3 Å². The summed E-state index contributed by atoms with van der Waals surface area (Å²) in [6.07, 6.45) is 2.74. The smallest absolute Gasteiger partial charge is 0.230 e. The monoisotopic (exact) mass is 324 g/mol. The van der Waals surface area contributed by atoms with E-state index in [1.807, 2.05) is 25.1 Å². The number of hydrogen-bond acceptors (Lipinski definition) is 2. The molecule has 1 heterocycles. The van der Waals surface area contributed by atoms with Gasteiger partial charge >= 0.3 is 0 Å². The van der Waals surface area contributed by atoms with Gasteiger partial charge in [0.05, 0.1) is 5.41 Å². The summed E-state index contributed by atoms with van der Waals surface area (Å²) in [5.41, 5.74) is 1.82. The van der Waals surface area contributed by atoms with Crippen LogP contribution in [0.3, 0.4) is 0 Å². The predicted molar refractivity (Wildman–Crippen MR) is 82.3 cm³/mol. The van der Waals surface area contributed by atoms with Crippen LogP contribution in [0.4, 0.5) is 5.69 Å². The first kappa shape index (κ1) is 14.5. The lowest BCUT2D eigenvalue weighted by molar-refractivity contribution is -0.127. The van der Waals surface area contributed by atoms with Crippen molar-refractivity contribution in [1.29, 1.82) is 0 Å². The van der Waals surface area contributed by atoms with Crippen molar-refractivity contribution in [3.63, 3.8) is 0 Å². The molecule has 1 saturated heterocycles. The number of nitrogens with one attached hydrogen (secondary N) is 2. The van der Waals surface area contributed by atoms with E-state index in [0.717, 1.165) is 48.1 Å². The quantitative estimate of drug-likeness (QED) is 0.893. The molecule has 1 aliphatic rings. The van der Waals surface area contributed by atoms with Gasteiger partial charge in [0.15, 0.2) is 0 Å². The van der Waals surface area contributed by atoms with Gasteiger partial charge in [0.25, 0.3) is 0 Å². The zero-order valence-corrected chi connectivity index (χ0v) is 13.1. The molecule has 1 aromatic rings. The lowest BCUT2D eigenvalue weighted by Crippen LogP contribution is -2.44. The van der Waals surface area contributed by atoms with Crippen LogP contribution in [0.15, 0.2) is 22.7 Å². The molecule has 1 fully saturated rings. The number of carbonyl (C=O) groups excluding carboxylic acids is 1. The number of amides is 1. The summed E-state index contributed by atoms with van der Waals surface area (Å²) in [6, 6.07) is 5.93. The fourth-order valence-corrected chi connectivity index (χ4v) is 2.88. The highest BCUT2D eigenvalue weighted by Crippen LogP contribution is 2.34. The van der Waals surface area contributed by atoms with Crippen molar-refractivity contribution in [2.24, 2.45) is 5.41 Å². The van der Waals surface area contributed by atoms with Crippen molar-refractivity contribution < 1.29 is 4.79 Å². The van der Waals surface area contributed by atoms with Crippen LogP contribution in [0.2, 0.25) is 0 Å². The molecule has 0 aliphatic carbocycles. The zero-order valence-electron chi connectivity index (χ0n) is 11.6. The lowest BCUT2D eigenvalue weighted by Gasteiger charge is -2.35. The van der Waals surface area contributed by atoms with Gasteiger partial charge in [0, 0.05) is 10.2 Å². The number of anilines is 1. The van der Waals surface area contributed by atoms with Gasteiger partial charge in [-0.3, -0.25) is 4.79 Å². The third-order valence-corrected chi connectivity index (χ3v) is 5.02. The van der Waals surface area contributed by atoms with Gasteiger partial charge in [-0.15, -0.1) is 0 Å². The van der Waals surface area contributed by atoms with Crippen LogP contribution < -0.4 is 10.6 Å². The van der Waals surface area contributed by atoms with E-state index < -0.39 is 0 Å². The molecule has 0 bridgehead atoms. The Morgan fingerprint density at radius 2 is 2.11 bits per heavy atom. The van der Waals surface area contributed by atoms with Gasteiger partial charge in [-0.2, -0.15) is 0 Å². The summed E-state index contributed by atoms with van der Waals surface area (Å²) in [5.74, 6) is 0.165. The fourth-order valence-electron chi connectivity index (χ4n) is 2.63. The lowest BCUT2D eigenvalue weighted by atomic mass is 9.76. The number of piperidine rings is 1. The molecule has 2 rings (SSSR count). The van der Waals surface area contributed by atoms with Gasteiger partial charge in [0.1, 0.15) is 0 Å². The van der Waals surface area contributed by atoms with E-state index in [0.29, 0.717) is 0 Å². The summed E-state index contributed by atoms with van der Waals surface area (Å²) in [4.78, 5) is 12.6. The molecule has 2 N–H and O–H groups in total. The van der Waals surface area contributed by atoms with Gasteiger partial charge < -0.3 is 10.6 Å². The largest absolute Gasteiger partial charge is 0.326 e. The highest BCUT2D eigenvalue weighted by atomic mass is 79.9. The average Bonchev–Trinajstić information content (AvgIpc) is 2.43. The second-order valence-electron chi connectivity index (χ2n) is 5.30. The summed E-state index contributed by atoms with van der Waals surface area (Å²) >= 11 is 3.48. The standard InChI is InChI=1S/C15H21BrN2O/c1-3-15(6-8-17-9-7-15)14(19)18-12-4-5-13(16)11(2)10-12/h4-5,10,17H,3,6-9H2,1-2H3,(H,18,19). The second-order valence-corrected chi connectivity index (χ2v) is 6.16. The van der Waals surface area contributed by atoms with Crippen LogP contribution in [0.25, 0.3) is 0 Å². The molecule has 19 heavy (non-hydrogen) atoms. The number of aryl methyl sites for hydroxylation is 1. The molecular weight excluding hydrogens is 304 g/mol. The van der Waals surface area contributed by atoms with E-state index in [2.05, 4.69) is 33.5 Å². The molecule has 0 unspecified atom stereocenters. The Balaban J connectivity index is 2.12. The molecule has 0 saturated carbocycles. The first-order valence-corrected chi connectivity index (χ1v) is 7.65. The molecule has 1 amide bonds. The van der Waals surface area contributed by atoms with Crippen LogP contribution in [0, 0.1) is 12.3 Å². The average molecular weight is 325 g/mol. The van der Waals surface area contributed by atoms with Crippen LogP contribution in [-0.2, 0) is 4.79 Å². The molecule has 4 heteroatoms. The number of carbonyl (C=O) groups is 1. The Bertz CT molecular complexity index is 467. The molecule has 1 aliphatic heterocycles. The number of rotatable bonds is 3. The van der Waals surface area contributed by atoms with Crippen molar-refractivity contribution in [3.8, 4) is 0 Å². The number of benzene rings is 1. The van der Waals surface area contributed by atoms with Crippen molar-refractivity contribution in [2.45, 2.75) is 33.1 Å². The highest BCUT2D eigenvalue weighted by molar-refractivity contribution is 9.10. The first-order valence-electron chi connectivity index (χ1n) is 6.86. The van der Waals surface area contributed by atoms with Crippen LogP contribution >= 0.6 is 15.9 Å². The van der Waals surface area contributed by atoms with Gasteiger partial charge in [-0.1, -0.05) is 22.9 Å². The molecular formula is C15H21BrN2O. The highest BCUT2D eigenvalue weighted by Gasteiger charge is 2.37. The van der Waals surface area contributed by atoms with Crippen molar-refractivity contribution in [1.82, 2.24) is 5.32 Å². The topological polar surface area (TPSA) is 41.1 Å². The van der Waals surface area contributed by atoms with E-state index >= 15 is 0 Å². The van der Waals surface area contributed by atoms with Gasteiger partial charge in [-0.25, -0.2) is 0 Å². The minimum absolute atomic E-state index is 0.165. The van der Waals surface area contributed by atoms with Crippen LogP contribution in [0.5, 0.6) is 0 Å². The van der Waals surface area contributed by atoms with Crippen molar-refractivity contribution >= 4 is 27.5 Å². The van der Waals surface area contributed by atoms with E-state index in [4.69, 9.17) is 0 Å². The Hall–Kier alpha value is -0.870. The predicted octanol–water partition coefficient (Wildman–Crippen LogP) is 3.48. The van der Waals surface area contributed by atoms with Gasteiger partial charge in [0.2, 0.25) is 5.91 Å². The van der Waals surface area contributed by atoms with E-state index in [1.165, 1.54) is 0 Å². The molecule has 0 radical (unpaired) electrons. The minimum Gasteiger partial charge on any atom is -0.326 e. The number of halogens is 1. The summed E-state index contributed by atoms with van der Waals surface area (Å²) < 4.78 is 1.07. The minimum atomic E-state index is -0.202. The SMILES string of the molecule is CCC1(C(=O)Nc2ccc(Br)c(C)c2)CCNCC1. The second kappa shape index (κ2) is 6.06. The molecule has 3 nitrogen and oxygen atoms in total. The Kier molecular flexibility index (Phi) is 4.63. The van der Waals surface area contributed by atoms with Crippen LogP contribution in [0.1, 0.15) is 31.7 Å². The summed E-state index contributed by atoms with van der Waals surface area (Å²) in [5, 5.41) is 6.41. The summed E-state index contributed by atoms with van der Waals surface area (Å²) in [7, 11) is 0. The normalized spacial score (nSPS) is 18.1. The maximum Gasteiger partial charge on any atom is 0.230 e. The van der Waals surface area contributed by atoms with Crippen molar-refractivity contribution in [2.75, 3.05) is 18.4 Å². The number of hydrogen-bond donors (Lipinski definition) is 2. The molecule has 1 aromatic carbocycles. The van der Waals surface area contributed by atoms with Crippen molar-refractivity contribution in [3.05, 3.63) is 28.2 Å². The molecule has 104 valence electrons. The van der Waals surface area contributed by atoms with E-state index in [1.54, 1.807) is 0 Å². The van der Waals surface area contributed by atoms with E-state index in [9.17, 15) is 4.79 Å². The first-order chi connectivity index (χ1) is 9.07.